The third-order valence-corrected chi connectivity index (χ3v) is 7.27. The number of nitrogens with zero attached hydrogens (tertiary/aromatic N) is 1. The van der Waals surface area contributed by atoms with Gasteiger partial charge in [0.05, 0.1) is 27.9 Å². The van der Waals surface area contributed by atoms with Gasteiger partial charge in [-0.25, -0.2) is 4.99 Å². The van der Waals surface area contributed by atoms with Crippen molar-refractivity contribution in [2.45, 2.75) is 13.5 Å². The summed E-state index contributed by atoms with van der Waals surface area (Å²) in [5.74, 6) is 1.72. The number of rotatable bonds is 8. The van der Waals surface area contributed by atoms with E-state index >= 15 is 0 Å². The van der Waals surface area contributed by atoms with Gasteiger partial charge < -0.3 is 19.5 Å². The standard InChI is InChI=1S/C26H21Cl2IN2O4S/c1-3-34-22-11-15(10-21(29)24(22)35-14-16-4-5-17(27)13-20(16)28)12-23-25(32)31-26(36-23)30-18-6-8-19(33-2)9-7-18/h4-13H,3,14H2,1-2H3,(H,30,31,32)/b23-12+. The molecule has 36 heavy (non-hydrogen) atoms. The van der Waals surface area contributed by atoms with E-state index in [2.05, 4.69) is 32.9 Å². The summed E-state index contributed by atoms with van der Waals surface area (Å²) in [5, 5.41) is 4.42. The Morgan fingerprint density at radius 1 is 1.08 bits per heavy atom. The van der Waals surface area contributed by atoms with Crippen LogP contribution in [0.2, 0.25) is 10.0 Å². The van der Waals surface area contributed by atoms with Gasteiger partial charge in [-0.2, -0.15) is 0 Å². The number of aliphatic imine (C=N–C) groups is 1. The van der Waals surface area contributed by atoms with Crippen LogP contribution in [-0.4, -0.2) is 24.8 Å². The number of thioether (sulfide) groups is 1. The maximum Gasteiger partial charge on any atom is 0.264 e. The van der Waals surface area contributed by atoms with Crippen LogP contribution < -0.4 is 19.5 Å². The molecule has 0 saturated carbocycles. The fourth-order valence-corrected chi connectivity index (χ4v) is 5.35. The van der Waals surface area contributed by atoms with Crippen LogP contribution in [-0.2, 0) is 11.4 Å². The molecule has 1 heterocycles. The summed E-state index contributed by atoms with van der Waals surface area (Å²) in [5.41, 5.74) is 2.34. The first-order valence-corrected chi connectivity index (χ1v) is 13.5. The minimum Gasteiger partial charge on any atom is -0.497 e. The van der Waals surface area contributed by atoms with E-state index in [1.165, 1.54) is 11.8 Å². The van der Waals surface area contributed by atoms with Crippen molar-refractivity contribution in [3.05, 3.63) is 84.2 Å². The Hall–Kier alpha value is -2.40. The number of ether oxygens (including phenoxy) is 3. The molecule has 0 aliphatic carbocycles. The lowest BCUT2D eigenvalue weighted by Gasteiger charge is -2.15. The SMILES string of the molecule is CCOc1cc(/C=C2/SC(=Nc3ccc(OC)cc3)NC2=O)cc(I)c1OCc1ccc(Cl)cc1Cl. The fraction of sp³-hybridized carbons (Fsp3) is 0.154. The lowest BCUT2D eigenvalue weighted by Crippen LogP contribution is -2.19. The van der Waals surface area contributed by atoms with E-state index in [4.69, 9.17) is 37.4 Å². The van der Waals surface area contributed by atoms with Gasteiger partial charge in [0.15, 0.2) is 16.7 Å². The van der Waals surface area contributed by atoms with Crippen molar-refractivity contribution in [1.82, 2.24) is 5.32 Å². The van der Waals surface area contributed by atoms with E-state index in [-0.39, 0.29) is 12.5 Å². The van der Waals surface area contributed by atoms with Gasteiger partial charge in [-0.3, -0.25) is 4.79 Å². The summed E-state index contributed by atoms with van der Waals surface area (Å²) in [6, 6.07) is 16.4. The topological polar surface area (TPSA) is 69.2 Å². The van der Waals surface area contributed by atoms with Crippen LogP contribution in [0.4, 0.5) is 5.69 Å². The van der Waals surface area contributed by atoms with Crippen molar-refractivity contribution in [2.75, 3.05) is 13.7 Å². The Labute approximate surface area is 237 Å². The predicted octanol–water partition coefficient (Wildman–Crippen LogP) is 7.48. The predicted molar refractivity (Wildman–Crippen MR) is 155 cm³/mol. The molecule has 0 spiro atoms. The van der Waals surface area contributed by atoms with Crippen LogP contribution in [0.5, 0.6) is 17.2 Å². The smallest absolute Gasteiger partial charge is 0.264 e. The van der Waals surface area contributed by atoms with Crippen molar-refractivity contribution in [3.8, 4) is 17.2 Å². The average molecular weight is 655 g/mol. The molecule has 1 amide bonds. The number of hydrogen-bond donors (Lipinski definition) is 1. The zero-order valence-electron chi connectivity index (χ0n) is 19.3. The Bertz CT molecular complexity index is 1350. The molecule has 1 saturated heterocycles. The summed E-state index contributed by atoms with van der Waals surface area (Å²) >= 11 is 15.7. The molecule has 4 rings (SSSR count). The third-order valence-electron chi connectivity index (χ3n) is 4.97. The summed E-state index contributed by atoms with van der Waals surface area (Å²) in [6.45, 7) is 2.62. The second-order valence-corrected chi connectivity index (χ2v) is 10.5. The highest BCUT2D eigenvalue weighted by Crippen LogP contribution is 2.37. The number of nitrogens with one attached hydrogen (secondary N) is 1. The molecule has 1 aliphatic heterocycles. The number of hydrogen-bond acceptors (Lipinski definition) is 6. The molecule has 186 valence electrons. The lowest BCUT2D eigenvalue weighted by molar-refractivity contribution is -0.115. The molecule has 0 atom stereocenters. The Morgan fingerprint density at radius 2 is 1.86 bits per heavy atom. The van der Waals surface area contributed by atoms with E-state index in [9.17, 15) is 4.79 Å². The molecule has 0 bridgehead atoms. The number of halogens is 3. The van der Waals surface area contributed by atoms with E-state index in [0.29, 0.717) is 38.2 Å². The molecule has 0 unspecified atom stereocenters. The normalized spacial score (nSPS) is 15.3. The Kier molecular flexibility index (Phi) is 9.05. The zero-order valence-corrected chi connectivity index (χ0v) is 23.8. The molecule has 1 fully saturated rings. The van der Waals surface area contributed by atoms with Gasteiger partial charge >= 0.3 is 0 Å². The van der Waals surface area contributed by atoms with Crippen molar-refractivity contribution < 1.29 is 19.0 Å². The first-order valence-electron chi connectivity index (χ1n) is 10.8. The van der Waals surface area contributed by atoms with Gasteiger partial charge in [0.1, 0.15) is 12.4 Å². The van der Waals surface area contributed by atoms with Gasteiger partial charge in [0, 0.05) is 15.6 Å². The highest BCUT2D eigenvalue weighted by molar-refractivity contribution is 14.1. The minimum absolute atomic E-state index is 0.210. The molecule has 0 aromatic heterocycles. The van der Waals surface area contributed by atoms with Crippen LogP contribution >= 0.6 is 57.6 Å². The molecular formula is C26H21Cl2IN2O4S. The second kappa shape index (κ2) is 12.2. The maximum atomic E-state index is 12.6. The van der Waals surface area contributed by atoms with E-state index in [1.54, 1.807) is 25.3 Å². The monoisotopic (exact) mass is 654 g/mol. The number of methoxy groups -OCH3 is 1. The fourth-order valence-electron chi connectivity index (χ4n) is 3.27. The zero-order chi connectivity index (χ0) is 25.7. The van der Waals surface area contributed by atoms with Crippen LogP contribution in [0, 0.1) is 3.57 Å². The van der Waals surface area contributed by atoms with E-state index in [0.717, 1.165) is 26.1 Å². The van der Waals surface area contributed by atoms with Crippen molar-refractivity contribution in [1.29, 1.82) is 0 Å². The van der Waals surface area contributed by atoms with Gasteiger partial charge in [-0.15, -0.1) is 0 Å². The summed E-state index contributed by atoms with van der Waals surface area (Å²) in [4.78, 5) is 17.6. The van der Waals surface area contributed by atoms with Gasteiger partial charge in [-0.05, 0) is 101 Å². The van der Waals surface area contributed by atoms with E-state index < -0.39 is 0 Å². The highest BCUT2D eigenvalue weighted by atomic mass is 127. The molecule has 1 N–H and O–H groups in total. The molecular weight excluding hydrogens is 634 g/mol. The minimum atomic E-state index is -0.210. The molecule has 10 heteroatoms. The van der Waals surface area contributed by atoms with Crippen LogP contribution in [0.15, 0.2) is 64.5 Å². The Balaban J connectivity index is 1.54. The number of amides is 1. The van der Waals surface area contributed by atoms with Crippen molar-refractivity contribution in [2.24, 2.45) is 4.99 Å². The first-order chi connectivity index (χ1) is 17.4. The third kappa shape index (κ3) is 6.67. The largest absolute Gasteiger partial charge is 0.497 e. The highest BCUT2D eigenvalue weighted by Gasteiger charge is 2.24. The van der Waals surface area contributed by atoms with E-state index in [1.807, 2.05) is 49.4 Å². The van der Waals surface area contributed by atoms with Crippen molar-refractivity contribution in [3.63, 3.8) is 0 Å². The number of carbonyl (C=O) groups is 1. The van der Waals surface area contributed by atoms with Gasteiger partial charge in [0.25, 0.3) is 5.91 Å². The summed E-state index contributed by atoms with van der Waals surface area (Å²) in [7, 11) is 1.61. The van der Waals surface area contributed by atoms with Gasteiger partial charge in [-0.1, -0.05) is 29.3 Å². The molecule has 1 aliphatic rings. The quantitative estimate of drug-likeness (QED) is 0.202. The molecule has 3 aromatic rings. The molecule has 6 nitrogen and oxygen atoms in total. The summed E-state index contributed by atoms with van der Waals surface area (Å²) in [6.07, 6.45) is 1.81. The van der Waals surface area contributed by atoms with Crippen LogP contribution in [0.3, 0.4) is 0 Å². The average Bonchev–Trinajstić information content (AvgIpc) is 3.18. The lowest BCUT2D eigenvalue weighted by atomic mass is 10.1. The van der Waals surface area contributed by atoms with Crippen molar-refractivity contribution >= 4 is 80.4 Å². The maximum absolute atomic E-state index is 12.6. The molecule has 0 radical (unpaired) electrons. The Morgan fingerprint density at radius 3 is 2.56 bits per heavy atom. The number of benzene rings is 3. The van der Waals surface area contributed by atoms with Crippen LogP contribution in [0.1, 0.15) is 18.1 Å². The number of amidine groups is 1. The van der Waals surface area contributed by atoms with Gasteiger partial charge in [0.2, 0.25) is 0 Å². The van der Waals surface area contributed by atoms with Crippen LogP contribution in [0.25, 0.3) is 6.08 Å². The number of carbonyl (C=O) groups excluding carboxylic acids is 1. The first kappa shape index (κ1) is 26.7. The molecule has 3 aromatic carbocycles. The second-order valence-electron chi connectivity index (χ2n) is 7.47. The summed E-state index contributed by atoms with van der Waals surface area (Å²) < 4.78 is 17.9.